The van der Waals surface area contributed by atoms with Gasteiger partial charge in [0, 0.05) is 12.1 Å². The largest absolute Gasteiger partial charge is 0.434 e. The topological polar surface area (TPSA) is 63.8 Å². The Bertz CT molecular complexity index is 433. The van der Waals surface area contributed by atoms with Crippen LogP contribution in [-0.2, 0) is 6.18 Å². The molecular weight excluding hydrogens is 245 g/mol. The summed E-state index contributed by atoms with van der Waals surface area (Å²) in [5.74, 6) is 0.380. The maximum absolute atomic E-state index is 12.4. The molecule has 1 aliphatic carbocycles. The van der Waals surface area contributed by atoms with Gasteiger partial charge >= 0.3 is 6.18 Å². The summed E-state index contributed by atoms with van der Waals surface area (Å²) in [4.78, 5) is 7.31. The van der Waals surface area contributed by atoms with Gasteiger partial charge in [-0.3, -0.25) is 0 Å². The van der Waals surface area contributed by atoms with Crippen molar-refractivity contribution in [2.24, 2.45) is 5.73 Å². The van der Waals surface area contributed by atoms with E-state index in [1.54, 1.807) is 0 Å². The van der Waals surface area contributed by atoms with Crippen LogP contribution in [0.4, 0.5) is 19.0 Å². The summed E-state index contributed by atoms with van der Waals surface area (Å²) in [6.45, 7) is 1.51. The fourth-order valence-corrected chi connectivity index (χ4v) is 2.10. The minimum Gasteiger partial charge on any atom is -0.364 e. The Kier molecular flexibility index (Phi) is 3.43. The quantitative estimate of drug-likeness (QED) is 0.854. The van der Waals surface area contributed by atoms with Crippen molar-refractivity contribution in [1.82, 2.24) is 9.97 Å². The predicted molar refractivity (Wildman–Crippen MR) is 61.0 cm³/mol. The van der Waals surface area contributed by atoms with Crippen LogP contribution < -0.4 is 11.1 Å². The summed E-state index contributed by atoms with van der Waals surface area (Å²) < 4.78 is 37.3. The van der Waals surface area contributed by atoms with Gasteiger partial charge < -0.3 is 11.1 Å². The van der Waals surface area contributed by atoms with Gasteiger partial charge in [0.05, 0.1) is 11.9 Å². The van der Waals surface area contributed by atoms with E-state index < -0.39 is 11.9 Å². The van der Waals surface area contributed by atoms with Gasteiger partial charge in [-0.05, 0) is 26.2 Å². The van der Waals surface area contributed by atoms with Crippen LogP contribution in [0.1, 0.15) is 30.7 Å². The molecule has 0 unspecified atom stereocenters. The number of halogens is 3. The first-order valence-corrected chi connectivity index (χ1v) is 5.81. The maximum Gasteiger partial charge on any atom is 0.434 e. The van der Waals surface area contributed by atoms with Gasteiger partial charge in [0.2, 0.25) is 0 Å². The molecule has 4 nitrogen and oxygen atoms in total. The molecule has 0 amide bonds. The van der Waals surface area contributed by atoms with E-state index in [-0.39, 0.29) is 17.8 Å². The number of rotatable bonds is 2. The van der Waals surface area contributed by atoms with Gasteiger partial charge in [0.25, 0.3) is 0 Å². The molecule has 0 saturated heterocycles. The minimum absolute atomic E-state index is 0.0218. The number of nitrogens with zero attached hydrogens (tertiary/aromatic N) is 2. The molecule has 1 aromatic rings. The molecule has 18 heavy (non-hydrogen) atoms. The molecule has 0 spiro atoms. The first-order chi connectivity index (χ1) is 8.38. The Morgan fingerprint density at radius 1 is 1.39 bits per heavy atom. The lowest BCUT2D eigenvalue weighted by Gasteiger charge is -2.19. The fraction of sp³-hybridized carbons (Fsp3) is 0.636. The minimum atomic E-state index is -4.46. The van der Waals surface area contributed by atoms with Crippen LogP contribution in [0.2, 0.25) is 0 Å². The number of hydrogen-bond acceptors (Lipinski definition) is 4. The highest BCUT2D eigenvalue weighted by Gasteiger charge is 2.33. The smallest absolute Gasteiger partial charge is 0.364 e. The van der Waals surface area contributed by atoms with Crippen molar-refractivity contribution in [2.45, 2.75) is 44.4 Å². The van der Waals surface area contributed by atoms with E-state index in [0.717, 1.165) is 25.5 Å². The van der Waals surface area contributed by atoms with Gasteiger partial charge in [-0.2, -0.15) is 13.2 Å². The van der Waals surface area contributed by atoms with E-state index in [0.29, 0.717) is 5.82 Å². The van der Waals surface area contributed by atoms with Crippen molar-refractivity contribution in [3.63, 3.8) is 0 Å². The zero-order valence-electron chi connectivity index (χ0n) is 9.96. The molecule has 2 rings (SSSR count). The van der Waals surface area contributed by atoms with Crippen LogP contribution >= 0.6 is 0 Å². The lowest BCUT2D eigenvalue weighted by Crippen LogP contribution is -2.35. The Balaban J connectivity index is 2.15. The van der Waals surface area contributed by atoms with Crippen LogP contribution in [0.15, 0.2) is 6.20 Å². The highest BCUT2D eigenvalue weighted by atomic mass is 19.4. The van der Waals surface area contributed by atoms with Crippen LogP contribution in [0.3, 0.4) is 0 Å². The van der Waals surface area contributed by atoms with Crippen molar-refractivity contribution in [3.8, 4) is 0 Å². The summed E-state index contributed by atoms with van der Waals surface area (Å²) in [5.41, 5.74) is 5.15. The number of aryl methyl sites for hydroxylation is 1. The highest BCUT2D eigenvalue weighted by Crippen LogP contribution is 2.28. The van der Waals surface area contributed by atoms with Gasteiger partial charge in [-0.1, -0.05) is 0 Å². The van der Waals surface area contributed by atoms with E-state index in [9.17, 15) is 13.2 Å². The summed E-state index contributed by atoms with van der Waals surface area (Å²) in [6.07, 6.45) is -0.865. The molecule has 1 saturated carbocycles. The Labute approximate surface area is 103 Å². The molecule has 2 atom stereocenters. The first kappa shape index (κ1) is 13.1. The van der Waals surface area contributed by atoms with Gasteiger partial charge in [0.1, 0.15) is 5.82 Å². The number of nitrogens with one attached hydrogen (secondary N) is 1. The predicted octanol–water partition coefficient (Wildman–Crippen LogP) is 2.10. The van der Waals surface area contributed by atoms with Crippen molar-refractivity contribution in [2.75, 3.05) is 5.32 Å². The van der Waals surface area contributed by atoms with E-state index in [1.165, 1.54) is 6.92 Å². The summed E-state index contributed by atoms with van der Waals surface area (Å²) in [7, 11) is 0. The van der Waals surface area contributed by atoms with Crippen molar-refractivity contribution in [1.29, 1.82) is 0 Å². The Hall–Kier alpha value is -1.37. The number of anilines is 1. The first-order valence-electron chi connectivity index (χ1n) is 5.81. The molecule has 0 aromatic carbocycles. The van der Waals surface area contributed by atoms with E-state index in [2.05, 4.69) is 15.3 Å². The normalized spacial score (nSPS) is 24.3. The van der Waals surface area contributed by atoms with E-state index >= 15 is 0 Å². The third-order valence-electron chi connectivity index (χ3n) is 3.13. The third-order valence-corrected chi connectivity index (χ3v) is 3.13. The molecular formula is C11H15F3N4. The molecule has 1 aliphatic rings. The van der Waals surface area contributed by atoms with E-state index in [1.807, 2.05) is 0 Å². The lowest BCUT2D eigenvalue weighted by molar-refractivity contribution is -0.141. The maximum atomic E-state index is 12.4. The molecule has 0 bridgehead atoms. The molecule has 0 aliphatic heterocycles. The Morgan fingerprint density at radius 3 is 2.61 bits per heavy atom. The molecule has 1 heterocycles. The average Bonchev–Trinajstić information content (AvgIpc) is 2.66. The zero-order chi connectivity index (χ0) is 13.3. The SMILES string of the molecule is Cc1nc(C(F)(F)F)cnc1N[C@H]1CCC[C@@H]1N. The van der Waals surface area contributed by atoms with Crippen molar-refractivity contribution < 1.29 is 13.2 Å². The van der Waals surface area contributed by atoms with Crippen LogP contribution in [0.5, 0.6) is 0 Å². The average molecular weight is 260 g/mol. The van der Waals surface area contributed by atoms with Crippen LogP contribution in [0, 0.1) is 6.92 Å². The van der Waals surface area contributed by atoms with Gasteiger partial charge in [0.15, 0.2) is 5.69 Å². The second-order valence-electron chi connectivity index (χ2n) is 4.53. The molecule has 100 valence electrons. The zero-order valence-corrected chi connectivity index (χ0v) is 9.96. The monoisotopic (exact) mass is 260 g/mol. The number of hydrogen-bond donors (Lipinski definition) is 2. The molecule has 3 N–H and O–H groups in total. The summed E-state index contributed by atoms with van der Waals surface area (Å²) >= 11 is 0. The van der Waals surface area contributed by atoms with Crippen molar-refractivity contribution >= 4 is 5.82 Å². The molecule has 1 fully saturated rings. The van der Waals surface area contributed by atoms with Crippen LogP contribution in [0.25, 0.3) is 0 Å². The molecule has 7 heteroatoms. The summed E-state index contributed by atoms with van der Waals surface area (Å²) in [6, 6.07) is 0.0863. The lowest BCUT2D eigenvalue weighted by atomic mass is 10.2. The molecule has 1 aromatic heterocycles. The number of alkyl halides is 3. The highest BCUT2D eigenvalue weighted by molar-refractivity contribution is 5.41. The second-order valence-corrected chi connectivity index (χ2v) is 4.53. The fourth-order valence-electron chi connectivity index (χ4n) is 2.10. The van der Waals surface area contributed by atoms with E-state index in [4.69, 9.17) is 5.73 Å². The third kappa shape index (κ3) is 2.72. The number of aromatic nitrogens is 2. The summed E-state index contributed by atoms with van der Waals surface area (Å²) in [5, 5.41) is 3.07. The molecule has 0 radical (unpaired) electrons. The standard InChI is InChI=1S/C11H15F3N4/c1-6-10(18-8-4-2-3-7(8)15)16-5-9(17-6)11(12,13)14/h5,7-8H,2-4,15H2,1H3,(H,16,18)/t7-,8-/m0/s1. The number of nitrogens with two attached hydrogens (primary N) is 1. The van der Waals surface area contributed by atoms with Gasteiger partial charge in [-0.15, -0.1) is 0 Å². The second kappa shape index (κ2) is 4.72. The van der Waals surface area contributed by atoms with Crippen LogP contribution in [-0.4, -0.2) is 22.1 Å². The van der Waals surface area contributed by atoms with Gasteiger partial charge in [-0.25, -0.2) is 9.97 Å². The Morgan fingerprint density at radius 2 is 2.11 bits per heavy atom. The van der Waals surface area contributed by atoms with Crippen molar-refractivity contribution in [3.05, 3.63) is 17.6 Å².